The molecule has 0 bridgehead atoms. The molecule has 0 aliphatic rings. The Hall–Kier alpha value is -0.770. The molecule has 0 aliphatic heterocycles. The zero-order valence-corrected chi connectivity index (χ0v) is 9.56. The number of hydrogen-bond acceptors (Lipinski definition) is 4. The van der Waals surface area contributed by atoms with E-state index >= 15 is 0 Å². The molecule has 0 radical (unpaired) electrons. The number of aromatic nitrogens is 2. The van der Waals surface area contributed by atoms with Crippen molar-refractivity contribution in [1.82, 2.24) is 10.2 Å². The standard InChI is InChI=1S/C9H16ClN3O/c1-4-9(3,5-2)11-8-13-12-7(6-10)14-8/h4-6H2,1-3H3,(H,11,13). The van der Waals surface area contributed by atoms with E-state index in [1.54, 1.807) is 0 Å². The first-order chi connectivity index (χ1) is 6.63. The Morgan fingerprint density at radius 2 is 2.00 bits per heavy atom. The molecular weight excluding hydrogens is 202 g/mol. The van der Waals surface area contributed by atoms with Crippen molar-refractivity contribution in [3.05, 3.63) is 5.89 Å². The van der Waals surface area contributed by atoms with Crippen molar-refractivity contribution < 1.29 is 4.42 Å². The van der Waals surface area contributed by atoms with E-state index in [4.69, 9.17) is 16.0 Å². The van der Waals surface area contributed by atoms with Crippen LogP contribution >= 0.6 is 11.6 Å². The molecule has 1 heterocycles. The number of nitrogens with one attached hydrogen (secondary N) is 1. The van der Waals surface area contributed by atoms with Gasteiger partial charge in [0.05, 0.1) is 0 Å². The summed E-state index contributed by atoms with van der Waals surface area (Å²) >= 11 is 5.56. The fourth-order valence-electron chi connectivity index (χ4n) is 1.04. The fourth-order valence-corrected chi connectivity index (χ4v) is 1.15. The lowest BCUT2D eigenvalue weighted by atomic mass is 9.96. The summed E-state index contributed by atoms with van der Waals surface area (Å²) in [4.78, 5) is 0. The van der Waals surface area contributed by atoms with Gasteiger partial charge in [-0.15, -0.1) is 16.7 Å². The zero-order valence-electron chi connectivity index (χ0n) is 8.80. The minimum atomic E-state index is 0.0100. The van der Waals surface area contributed by atoms with Gasteiger partial charge in [0.15, 0.2) is 0 Å². The summed E-state index contributed by atoms with van der Waals surface area (Å²) in [5, 5.41) is 10.8. The third-order valence-corrected chi connectivity index (χ3v) is 2.78. The van der Waals surface area contributed by atoms with Crippen molar-refractivity contribution in [1.29, 1.82) is 0 Å². The van der Waals surface area contributed by atoms with Crippen LogP contribution in [-0.4, -0.2) is 15.7 Å². The van der Waals surface area contributed by atoms with Crippen LogP contribution in [0.4, 0.5) is 6.01 Å². The van der Waals surface area contributed by atoms with Crippen molar-refractivity contribution in [3.63, 3.8) is 0 Å². The van der Waals surface area contributed by atoms with E-state index in [-0.39, 0.29) is 11.4 Å². The molecule has 1 aromatic rings. The maximum absolute atomic E-state index is 5.56. The highest BCUT2D eigenvalue weighted by Crippen LogP contribution is 2.20. The molecule has 0 amide bonds. The lowest BCUT2D eigenvalue weighted by Gasteiger charge is -2.26. The molecule has 1 N–H and O–H groups in total. The third kappa shape index (κ3) is 2.61. The van der Waals surface area contributed by atoms with Gasteiger partial charge >= 0.3 is 6.01 Å². The molecule has 4 nitrogen and oxygen atoms in total. The highest BCUT2D eigenvalue weighted by Gasteiger charge is 2.21. The van der Waals surface area contributed by atoms with Gasteiger partial charge < -0.3 is 9.73 Å². The predicted octanol–water partition coefficient (Wildman–Crippen LogP) is 2.80. The molecule has 0 atom stereocenters. The molecule has 0 aliphatic carbocycles. The first-order valence-corrected chi connectivity index (χ1v) is 5.33. The molecule has 1 rings (SSSR count). The van der Waals surface area contributed by atoms with Crippen LogP contribution in [0.2, 0.25) is 0 Å². The molecule has 14 heavy (non-hydrogen) atoms. The second-order valence-corrected chi connectivity index (χ2v) is 3.79. The van der Waals surface area contributed by atoms with Gasteiger partial charge in [-0.1, -0.05) is 18.9 Å². The van der Waals surface area contributed by atoms with E-state index in [2.05, 4.69) is 36.3 Å². The van der Waals surface area contributed by atoms with Crippen LogP contribution in [0.15, 0.2) is 4.42 Å². The van der Waals surface area contributed by atoms with Crippen molar-refractivity contribution in [2.45, 2.75) is 45.0 Å². The van der Waals surface area contributed by atoms with Gasteiger partial charge in [0.25, 0.3) is 0 Å². The number of hydrogen-bond donors (Lipinski definition) is 1. The Morgan fingerprint density at radius 1 is 1.36 bits per heavy atom. The van der Waals surface area contributed by atoms with Gasteiger partial charge in [0, 0.05) is 5.54 Å². The average Bonchev–Trinajstić information content (AvgIpc) is 2.65. The van der Waals surface area contributed by atoms with Crippen LogP contribution in [0.1, 0.15) is 39.5 Å². The Bertz CT molecular complexity index is 283. The largest absolute Gasteiger partial charge is 0.407 e. The van der Waals surface area contributed by atoms with Crippen LogP contribution in [0.25, 0.3) is 0 Å². The van der Waals surface area contributed by atoms with E-state index in [0.717, 1.165) is 12.8 Å². The summed E-state index contributed by atoms with van der Waals surface area (Å²) in [6.07, 6.45) is 2.00. The first-order valence-electron chi connectivity index (χ1n) is 4.80. The van der Waals surface area contributed by atoms with Gasteiger partial charge in [0.1, 0.15) is 5.88 Å². The Morgan fingerprint density at radius 3 is 2.43 bits per heavy atom. The SMILES string of the molecule is CCC(C)(CC)Nc1nnc(CCl)o1. The quantitative estimate of drug-likeness (QED) is 0.771. The molecule has 0 saturated heterocycles. The van der Waals surface area contributed by atoms with Gasteiger partial charge in [-0.05, 0) is 19.8 Å². The maximum atomic E-state index is 5.56. The van der Waals surface area contributed by atoms with Gasteiger partial charge in [-0.2, -0.15) is 0 Å². The molecular formula is C9H16ClN3O. The molecule has 0 saturated carbocycles. The van der Waals surface area contributed by atoms with Gasteiger partial charge in [-0.3, -0.25) is 0 Å². The van der Waals surface area contributed by atoms with Crippen LogP contribution < -0.4 is 5.32 Å². The second kappa shape index (κ2) is 4.64. The highest BCUT2D eigenvalue weighted by atomic mass is 35.5. The monoisotopic (exact) mass is 217 g/mol. The normalized spacial score (nSPS) is 11.7. The highest BCUT2D eigenvalue weighted by molar-refractivity contribution is 6.16. The minimum Gasteiger partial charge on any atom is -0.407 e. The summed E-state index contributed by atoms with van der Waals surface area (Å²) in [5.74, 6) is 0.702. The number of anilines is 1. The zero-order chi connectivity index (χ0) is 10.6. The van der Waals surface area contributed by atoms with Crippen molar-refractivity contribution in [2.24, 2.45) is 0 Å². The van der Waals surface area contributed by atoms with E-state index in [1.165, 1.54) is 0 Å². The van der Waals surface area contributed by atoms with Gasteiger partial charge in [-0.25, -0.2) is 0 Å². The van der Waals surface area contributed by atoms with Gasteiger partial charge in [0.2, 0.25) is 5.89 Å². The molecule has 0 fully saturated rings. The predicted molar refractivity (Wildman–Crippen MR) is 56.5 cm³/mol. The molecule has 0 spiro atoms. The topological polar surface area (TPSA) is 51.0 Å². The van der Waals surface area contributed by atoms with Crippen LogP contribution in [0.5, 0.6) is 0 Å². The second-order valence-electron chi connectivity index (χ2n) is 3.53. The Labute approximate surface area is 89.0 Å². The number of alkyl halides is 1. The number of nitrogens with zero attached hydrogens (tertiary/aromatic N) is 2. The van der Waals surface area contributed by atoms with Crippen LogP contribution in [-0.2, 0) is 5.88 Å². The van der Waals surface area contributed by atoms with E-state index < -0.39 is 0 Å². The minimum absolute atomic E-state index is 0.0100. The van der Waals surface area contributed by atoms with Crippen molar-refractivity contribution in [3.8, 4) is 0 Å². The van der Waals surface area contributed by atoms with E-state index in [0.29, 0.717) is 11.9 Å². The maximum Gasteiger partial charge on any atom is 0.315 e. The Balaban J connectivity index is 2.67. The summed E-state index contributed by atoms with van der Waals surface area (Å²) in [5.41, 5.74) is 0.0100. The summed E-state index contributed by atoms with van der Waals surface area (Å²) < 4.78 is 5.27. The lowest BCUT2D eigenvalue weighted by Crippen LogP contribution is -2.33. The van der Waals surface area contributed by atoms with Crippen LogP contribution in [0, 0.1) is 0 Å². The number of halogens is 1. The summed E-state index contributed by atoms with van der Waals surface area (Å²) in [6.45, 7) is 6.36. The number of rotatable bonds is 5. The smallest absolute Gasteiger partial charge is 0.315 e. The molecule has 0 unspecified atom stereocenters. The Kier molecular flexibility index (Phi) is 3.75. The molecule has 1 aromatic heterocycles. The molecule has 0 aromatic carbocycles. The van der Waals surface area contributed by atoms with E-state index in [1.807, 2.05) is 0 Å². The van der Waals surface area contributed by atoms with Crippen molar-refractivity contribution in [2.75, 3.05) is 5.32 Å². The third-order valence-electron chi connectivity index (χ3n) is 2.55. The molecule has 80 valence electrons. The fraction of sp³-hybridized carbons (Fsp3) is 0.778. The molecule has 5 heteroatoms. The first kappa shape index (κ1) is 11.3. The summed E-state index contributed by atoms with van der Waals surface area (Å²) in [6, 6.07) is 0.451. The average molecular weight is 218 g/mol. The lowest BCUT2D eigenvalue weighted by molar-refractivity contribution is 0.442. The van der Waals surface area contributed by atoms with Crippen LogP contribution in [0.3, 0.4) is 0 Å². The van der Waals surface area contributed by atoms with Crippen molar-refractivity contribution >= 4 is 17.6 Å². The van der Waals surface area contributed by atoms with E-state index in [9.17, 15) is 0 Å². The summed E-state index contributed by atoms with van der Waals surface area (Å²) in [7, 11) is 0.